The van der Waals surface area contributed by atoms with Gasteiger partial charge >= 0.3 is 0 Å². The first-order chi connectivity index (χ1) is 7.06. The van der Waals surface area contributed by atoms with Gasteiger partial charge in [0.25, 0.3) is 0 Å². The van der Waals surface area contributed by atoms with E-state index in [0.29, 0.717) is 12.0 Å². The predicted octanol–water partition coefficient (Wildman–Crippen LogP) is 1.11. The van der Waals surface area contributed by atoms with Crippen LogP contribution >= 0.6 is 0 Å². The van der Waals surface area contributed by atoms with Crippen LogP contribution in [0.3, 0.4) is 0 Å². The van der Waals surface area contributed by atoms with Crippen LogP contribution in [0.1, 0.15) is 26.7 Å². The molecule has 0 aromatic rings. The molecule has 4 N–H and O–H groups in total. The number of hydrogen-bond donors (Lipinski definition) is 3. The normalized spacial score (nSPS) is 17.1. The quantitative estimate of drug-likeness (QED) is 0.530. The van der Waals surface area contributed by atoms with Crippen LogP contribution in [0, 0.1) is 5.92 Å². The highest BCUT2D eigenvalue weighted by Gasteiger charge is 2.16. The summed E-state index contributed by atoms with van der Waals surface area (Å²) in [6, 6.07) is 0.502. The molecular formula is C12H27N3. The van der Waals surface area contributed by atoms with Crippen molar-refractivity contribution >= 4 is 0 Å². The van der Waals surface area contributed by atoms with Gasteiger partial charge in [-0.05, 0) is 39.8 Å². The highest BCUT2D eigenvalue weighted by molar-refractivity contribution is 5.04. The fraction of sp³-hybridized carbons (Fsp3) is 0.833. The lowest BCUT2D eigenvalue weighted by atomic mass is 9.90. The summed E-state index contributed by atoms with van der Waals surface area (Å²) in [7, 11) is 3.92. The lowest BCUT2D eigenvalue weighted by Gasteiger charge is -2.24. The van der Waals surface area contributed by atoms with Crippen molar-refractivity contribution in [1.29, 1.82) is 0 Å². The maximum atomic E-state index is 6.07. The molecule has 3 unspecified atom stereocenters. The zero-order valence-corrected chi connectivity index (χ0v) is 10.6. The van der Waals surface area contributed by atoms with E-state index in [0.717, 1.165) is 19.4 Å². The summed E-state index contributed by atoms with van der Waals surface area (Å²) in [6.07, 6.45) is 2.03. The Morgan fingerprint density at radius 2 is 2.00 bits per heavy atom. The van der Waals surface area contributed by atoms with Gasteiger partial charge in [0, 0.05) is 18.6 Å². The SMILES string of the molecule is C=C(CC(N)C(C)NC)C(CC)CNC. The lowest BCUT2D eigenvalue weighted by Crippen LogP contribution is -2.42. The molecule has 0 heterocycles. The van der Waals surface area contributed by atoms with Gasteiger partial charge in [-0.3, -0.25) is 0 Å². The maximum Gasteiger partial charge on any atom is 0.0229 e. The second-order valence-electron chi connectivity index (χ2n) is 4.27. The summed E-state index contributed by atoms with van der Waals surface area (Å²) in [5.74, 6) is 0.546. The standard InChI is InChI=1S/C12H27N3/c1-6-11(8-14-4)9(2)7-12(13)10(3)15-5/h10-12,14-15H,2,6-8,13H2,1,3-5H3. The summed E-state index contributed by atoms with van der Waals surface area (Å²) < 4.78 is 0. The van der Waals surface area contributed by atoms with Gasteiger partial charge in [-0.1, -0.05) is 19.1 Å². The van der Waals surface area contributed by atoms with Crippen molar-refractivity contribution in [2.75, 3.05) is 20.6 Å². The Balaban J connectivity index is 4.09. The minimum Gasteiger partial charge on any atom is -0.326 e. The zero-order valence-electron chi connectivity index (χ0n) is 10.6. The summed E-state index contributed by atoms with van der Waals surface area (Å²) in [4.78, 5) is 0. The van der Waals surface area contributed by atoms with Gasteiger partial charge < -0.3 is 16.4 Å². The van der Waals surface area contributed by atoms with Crippen LogP contribution in [0.2, 0.25) is 0 Å². The van der Waals surface area contributed by atoms with Crippen molar-refractivity contribution in [2.24, 2.45) is 11.7 Å². The van der Waals surface area contributed by atoms with E-state index in [1.807, 2.05) is 14.1 Å². The monoisotopic (exact) mass is 213 g/mol. The Labute approximate surface area is 94.5 Å². The van der Waals surface area contributed by atoms with Crippen molar-refractivity contribution in [1.82, 2.24) is 10.6 Å². The second kappa shape index (κ2) is 7.85. The molecule has 0 bridgehead atoms. The number of likely N-dealkylation sites (N-methyl/N-ethyl adjacent to an activating group) is 1. The van der Waals surface area contributed by atoms with E-state index >= 15 is 0 Å². The number of hydrogen-bond acceptors (Lipinski definition) is 3. The third-order valence-electron chi connectivity index (χ3n) is 3.12. The van der Waals surface area contributed by atoms with Gasteiger partial charge in [0.15, 0.2) is 0 Å². The minimum absolute atomic E-state index is 0.161. The van der Waals surface area contributed by atoms with E-state index in [4.69, 9.17) is 5.73 Å². The second-order valence-corrected chi connectivity index (χ2v) is 4.27. The van der Waals surface area contributed by atoms with Crippen LogP contribution in [0.4, 0.5) is 0 Å². The highest BCUT2D eigenvalue weighted by atomic mass is 14.9. The summed E-state index contributed by atoms with van der Waals surface area (Å²) in [6.45, 7) is 9.45. The molecule has 0 aromatic heterocycles. The minimum atomic E-state index is 0.161. The molecule has 0 fully saturated rings. The molecule has 0 aliphatic heterocycles. The molecule has 0 amide bonds. The van der Waals surface area contributed by atoms with Gasteiger partial charge in [-0.2, -0.15) is 0 Å². The molecule has 3 atom stereocenters. The Kier molecular flexibility index (Phi) is 7.65. The smallest absolute Gasteiger partial charge is 0.0229 e. The predicted molar refractivity (Wildman–Crippen MR) is 68.0 cm³/mol. The van der Waals surface area contributed by atoms with Crippen LogP contribution < -0.4 is 16.4 Å². The van der Waals surface area contributed by atoms with E-state index in [-0.39, 0.29) is 6.04 Å². The largest absolute Gasteiger partial charge is 0.326 e. The van der Waals surface area contributed by atoms with Crippen molar-refractivity contribution in [2.45, 2.75) is 38.8 Å². The molecule has 0 aliphatic carbocycles. The molecule has 0 radical (unpaired) electrons. The number of nitrogens with two attached hydrogens (primary N) is 1. The average Bonchev–Trinajstić information content (AvgIpc) is 2.24. The first-order valence-corrected chi connectivity index (χ1v) is 5.81. The van der Waals surface area contributed by atoms with E-state index in [1.165, 1.54) is 5.57 Å². The molecular weight excluding hydrogens is 186 g/mol. The van der Waals surface area contributed by atoms with Gasteiger partial charge in [-0.15, -0.1) is 0 Å². The van der Waals surface area contributed by atoms with Crippen molar-refractivity contribution in [3.8, 4) is 0 Å². The lowest BCUT2D eigenvalue weighted by molar-refractivity contribution is 0.454. The number of nitrogens with one attached hydrogen (secondary N) is 2. The Morgan fingerprint density at radius 1 is 1.40 bits per heavy atom. The van der Waals surface area contributed by atoms with E-state index < -0.39 is 0 Å². The molecule has 90 valence electrons. The molecule has 3 heteroatoms. The van der Waals surface area contributed by atoms with Crippen LogP contribution in [0.25, 0.3) is 0 Å². The summed E-state index contributed by atoms with van der Waals surface area (Å²) >= 11 is 0. The van der Waals surface area contributed by atoms with Gasteiger partial charge in [0.05, 0.1) is 0 Å². The maximum absolute atomic E-state index is 6.07. The van der Waals surface area contributed by atoms with Crippen molar-refractivity contribution < 1.29 is 0 Å². The van der Waals surface area contributed by atoms with Gasteiger partial charge in [0.2, 0.25) is 0 Å². The van der Waals surface area contributed by atoms with E-state index in [9.17, 15) is 0 Å². The fourth-order valence-electron chi connectivity index (χ4n) is 1.68. The molecule has 0 rings (SSSR count). The summed E-state index contributed by atoms with van der Waals surface area (Å²) in [5.41, 5.74) is 7.34. The molecule has 0 aliphatic rings. The van der Waals surface area contributed by atoms with E-state index in [1.54, 1.807) is 0 Å². The summed E-state index contributed by atoms with van der Waals surface area (Å²) in [5, 5.41) is 6.38. The molecule has 0 saturated carbocycles. The fourth-order valence-corrected chi connectivity index (χ4v) is 1.68. The molecule has 0 spiro atoms. The van der Waals surface area contributed by atoms with Crippen LogP contribution in [0.15, 0.2) is 12.2 Å². The van der Waals surface area contributed by atoms with Gasteiger partial charge in [0.1, 0.15) is 0 Å². The number of rotatable bonds is 8. The Morgan fingerprint density at radius 3 is 2.40 bits per heavy atom. The highest BCUT2D eigenvalue weighted by Crippen LogP contribution is 2.17. The molecule has 0 aromatic carbocycles. The average molecular weight is 213 g/mol. The van der Waals surface area contributed by atoms with E-state index in [2.05, 4.69) is 31.1 Å². The van der Waals surface area contributed by atoms with Crippen molar-refractivity contribution in [3.05, 3.63) is 12.2 Å². The first-order valence-electron chi connectivity index (χ1n) is 5.81. The van der Waals surface area contributed by atoms with Crippen LogP contribution in [-0.2, 0) is 0 Å². The molecule has 15 heavy (non-hydrogen) atoms. The Hall–Kier alpha value is -0.380. The van der Waals surface area contributed by atoms with Crippen LogP contribution in [0.5, 0.6) is 0 Å². The van der Waals surface area contributed by atoms with Crippen LogP contribution in [-0.4, -0.2) is 32.7 Å². The van der Waals surface area contributed by atoms with Gasteiger partial charge in [-0.25, -0.2) is 0 Å². The third-order valence-corrected chi connectivity index (χ3v) is 3.12. The molecule has 0 saturated heterocycles. The topological polar surface area (TPSA) is 50.1 Å². The van der Waals surface area contributed by atoms with Crippen molar-refractivity contribution in [3.63, 3.8) is 0 Å². The molecule has 3 nitrogen and oxygen atoms in total. The third kappa shape index (κ3) is 5.30. The zero-order chi connectivity index (χ0) is 11.8. The first kappa shape index (κ1) is 14.6. The Bertz CT molecular complexity index is 180.